The van der Waals surface area contributed by atoms with Crippen molar-refractivity contribution in [3.63, 3.8) is 0 Å². The van der Waals surface area contributed by atoms with Crippen LogP contribution in [0.5, 0.6) is 0 Å². The van der Waals surface area contributed by atoms with E-state index in [1.807, 2.05) is 12.1 Å². The van der Waals surface area contributed by atoms with Crippen molar-refractivity contribution in [3.05, 3.63) is 0 Å². The fourth-order valence-corrected chi connectivity index (χ4v) is 0.174. The Balaban J connectivity index is 0. The molecule has 0 spiro atoms. The molecule has 0 unspecified atom stereocenters. The van der Waals surface area contributed by atoms with Gasteiger partial charge in [-0.2, -0.15) is 10.5 Å². The molecule has 0 saturated heterocycles. The van der Waals surface area contributed by atoms with Crippen LogP contribution in [0.3, 0.4) is 0 Å². The maximum absolute atomic E-state index is 7.87. The largest absolute Gasteiger partial charge is 0.292 e. The lowest BCUT2D eigenvalue weighted by atomic mass is 10.6. The fourth-order valence-electron chi connectivity index (χ4n) is 0.174. The van der Waals surface area contributed by atoms with E-state index in [-0.39, 0.29) is 25.5 Å². The third-order valence-corrected chi connectivity index (χ3v) is 0.408. The second-order valence-corrected chi connectivity index (χ2v) is 0.920. The van der Waals surface area contributed by atoms with Gasteiger partial charge in [0, 0.05) is 0 Å². The molecule has 0 rings (SSSR count). The van der Waals surface area contributed by atoms with Crippen molar-refractivity contribution in [2.75, 3.05) is 13.1 Å². The zero-order valence-electron chi connectivity index (χ0n) is 4.22. The number of nitrogens with zero attached hydrogens (tertiary/aromatic N) is 2. The minimum absolute atomic E-state index is 0. The van der Waals surface area contributed by atoms with Crippen LogP contribution in [0.1, 0.15) is 0 Å². The summed E-state index contributed by atoms with van der Waals surface area (Å²) in [4.78, 5) is 0. The molecule has 8 heavy (non-hydrogen) atoms. The van der Waals surface area contributed by atoms with Gasteiger partial charge < -0.3 is 0 Å². The molecule has 0 heterocycles. The Labute approximate surface area is 54.3 Å². The van der Waals surface area contributed by atoms with Gasteiger partial charge in [-0.15, -0.1) is 12.4 Å². The highest BCUT2D eigenvalue weighted by atomic mass is 35.5. The highest BCUT2D eigenvalue weighted by Gasteiger charge is 1.74. The molecule has 0 aromatic rings. The first-order valence-electron chi connectivity index (χ1n) is 1.86. The molecule has 0 radical (unpaired) electrons. The highest BCUT2D eigenvalue weighted by molar-refractivity contribution is 5.85. The molecule has 0 bridgehead atoms. The number of nitrogens with one attached hydrogen (secondary N) is 1. The standard InChI is InChI=1S/C4H5N3.ClH/c5-1-3-7-4-2-6;/h7H,3-4H2;1H. The van der Waals surface area contributed by atoms with Crippen LogP contribution in [0.25, 0.3) is 0 Å². The minimum Gasteiger partial charge on any atom is -0.292 e. The summed E-state index contributed by atoms with van der Waals surface area (Å²) in [6.45, 7) is 0.515. The summed E-state index contributed by atoms with van der Waals surface area (Å²) in [5.74, 6) is 0. The molecule has 0 aliphatic heterocycles. The Kier molecular flexibility index (Phi) is 12.2. The first-order chi connectivity index (χ1) is 3.41. The Morgan fingerprint density at radius 2 is 1.50 bits per heavy atom. The molecule has 0 aromatic carbocycles. The van der Waals surface area contributed by atoms with Crippen molar-refractivity contribution < 1.29 is 0 Å². The van der Waals surface area contributed by atoms with Crippen LogP contribution in [-0.2, 0) is 0 Å². The molecule has 0 amide bonds. The number of halogens is 1. The lowest BCUT2D eigenvalue weighted by molar-refractivity contribution is 0.857. The van der Waals surface area contributed by atoms with E-state index in [0.717, 1.165) is 0 Å². The predicted molar refractivity (Wildman–Crippen MR) is 31.3 cm³/mol. The van der Waals surface area contributed by atoms with E-state index in [1.54, 1.807) is 0 Å². The molecular weight excluding hydrogens is 126 g/mol. The molecule has 3 nitrogen and oxygen atoms in total. The van der Waals surface area contributed by atoms with E-state index in [0.29, 0.717) is 0 Å². The van der Waals surface area contributed by atoms with Crippen LogP contribution in [0.2, 0.25) is 0 Å². The van der Waals surface area contributed by atoms with Gasteiger partial charge in [0.05, 0.1) is 25.2 Å². The number of rotatable bonds is 2. The normalized spacial score (nSPS) is 5.75. The average molecular weight is 132 g/mol. The summed E-state index contributed by atoms with van der Waals surface area (Å²) in [5.41, 5.74) is 0. The fraction of sp³-hybridized carbons (Fsp3) is 0.500. The lowest BCUT2D eigenvalue weighted by Gasteiger charge is -1.82. The summed E-state index contributed by atoms with van der Waals surface area (Å²) < 4.78 is 0. The van der Waals surface area contributed by atoms with Crippen molar-refractivity contribution in [2.24, 2.45) is 0 Å². The highest BCUT2D eigenvalue weighted by Crippen LogP contribution is 1.50. The molecule has 0 aliphatic carbocycles. The summed E-state index contributed by atoms with van der Waals surface area (Å²) in [5, 5.41) is 18.3. The molecule has 0 fully saturated rings. The summed E-state index contributed by atoms with van der Waals surface area (Å²) in [6.07, 6.45) is 0. The predicted octanol–water partition coefficient (Wildman–Crippen LogP) is 0.0450. The van der Waals surface area contributed by atoms with Gasteiger partial charge in [-0.3, -0.25) is 5.32 Å². The Hall–Kier alpha value is -0.770. The van der Waals surface area contributed by atoms with Crippen molar-refractivity contribution >= 4 is 12.4 Å². The second kappa shape index (κ2) is 9.52. The average Bonchev–Trinajstić information content (AvgIpc) is 1.69. The van der Waals surface area contributed by atoms with E-state index < -0.39 is 0 Å². The number of hydrogen-bond acceptors (Lipinski definition) is 3. The SMILES string of the molecule is Cl.N#CCNCC#N. The number of nitriles is 2. The van der Waals surface area contributed by atoms with E-state index >= 15 is 0 Å². The van der Waals surface area contributed by atoms with E-state index in [4.69, 9.17) is 10.5 Å². The summed E-state index contributed by atoms with van der Waals surface area (Å²) in [7, 11) is 0. The lowest BCUT2D eigenvalue weighted by Crippen LogP contribution is -2.12. The Morgan fingerprint density at radius 3 is 1.75 bits per heavy atom. The quantitative estimate of drug-likeness (QED) is 0.425. The maximum atomic E-state index is 7.87. The maximum Gasteiger partial charge on any atom is 0.0848 e. The van der Waals surface area contributed by atoms with E-state index in [9.17, 15) is 0 Å². The Morgan fingerprint density at radius 1 is 1.12 bits per heavy atom. The minimum atomic E-state index is 0. The molecular formula is C4H6ClN3. The van der Waals surface area contributed by atoms with Crippen molar-refractivity contribution in [1.82, 2.24) is 5.32 Å². The van der Waals surface area contributed by atoms with Gasteiger partial charge in [0.2, 0.25) is 0 Å². The second-order valence-electron chi connectivity index (χ2n) is 0.920. The molecule has 0 atom stereocenters. The van der Waals surface area contributed by atoms with Gasteiger partial charge in [0.15, 0.2) is 0 Å². The van der Waals surface area contributed by atoms with Gasteiger partial charge in [-0.25, -0.2) is 0 Å². The van der Waals surface area contributed by atoms with Gasteiger partial charge in [-0.05, 0) is 0 Å². The van der Waals surface area contributed by atoms with Crippen LogP contribution in [0, 0.1) is 22.7 Å². The summed E-state index contributed by atoms with van der Waals surface area (Å²) in [6, 6.07) is 3.68. The van der Waals surface area contributed by atoms with Crippen LogP contribution in [-0.4, -0.2) is 13.1 Å². The van der Waals surface area contributed by atoms with Gasteiger partial charge in [-0.1, -0.05) is 0 Å². The van der Waals surface area contributed by atoms with Gasteiger partial charge >= 0.3 is 0 Å². The van der Waals surface area contributed by atoms with Crippen LogP contribution >= 0.6 is 12.4 Å². The zero-order valence-corrected chi connectivity index (χ0v) is 5.03. The Bertz CT molecular complexity index is 95.4. The molecule has 0 saturated carbocycles. The molecule has 0 aliphatic rings. The van der Waals surface area contributed by atoms with Crippen LogP contribution in [0.15, 0.2) is 0 Å². The first kappa shape index (κ1) is 10.3. The molecule has 0 aromatic heterocycles. The zero-order chi connectivity index (χ0) is 5.54. The van der Waals surface area contributed by atoms with Crippen LogP contribution in [0.4, 0.5) is 0 Å². The van der Waals surface area contributed by atoms with Crippen molar-refractivity contribution in [3.8, 4) is 12.1 Å². The molecule has 1 N–H and O–H groups in total. The van der Waals surface area contributed by atoms with Gasteiger partial charge in [0.25, 0.3) is 0 Å². The monoisotopic (exact) mass is 131 g/mol. The van der Waals surface area contributed by atoms with E-state index in [2.05, 4.69) is 5.32 Å². The number of hydrogen-bond donors (Lipinski definition) is 1. The van der Waals surface area contributed by atoms with Crippen molar-refractivity contribution in [2.45, 2.75) is 0 Å². The molecule has 44 valence electrons. The molecule has 4 heteroatoms. The topological polar surface area (TPSA) is 59.6 Å². The van der Waals surface area contributed by atoms with E-state index in [1.165, 1.54) is 0 Å². The third kappa shape index (κ3) is 8.97. The van der Waals surface area contributed by atoms with Crippen molar-refractivity contribution in [1.29, 1.82) is 10.5 Å². The van der Waals surface area contributed by atoms with Crippen LogP contribution < -0.4 is 5.32 Å². The third-order valence-electron chi connectivity index (χ3n) is 0.408. The summed E-state index contributed by atoms with van der Waals surface area (Å²) >= 11 is 0. The first-order valence-corrected chi connectivity index (χ1v) is 1.86. The van der Waals surface area contributed by atoms with Gasteiger partial charge in [0.1, 0.15) is 0 Å². The smallest absolute Gasteiger partial charge is 0.0848 e.